The number of phenolic OH excluding ortho intramolecular Hbond substituents is 2. The quantitative estimate of drug-likeness (QED) is 0.140. The number of rotatable bonds is 12. The number of aromatic hydroxyl groups is 2. The Balaban J connectivity index is -0.000000263. The van der Waals surface area contributed by atoms with Crippen LogP contribution in [0.5, 0.6) is 17.2 Å². The number of para-hydroxylation sites is 3. The molecule has 3 aromatic rings. The Morgan fingerprint density at radius 1 is 0.635 bits per heavy atom. The van der Waals surface area contributed by atoms with Crippen LogP contribution in [-0.4, -0.2) is 39.5 Å². The van der Waals surface area contributed by atoms with Crippen LogP contribution in [0.2, 0.25) is 0 Å². The first kappa shape index (κ1) is 54.5. The Morgan fingerprint density at radius 3 is 1.25 bits per heavy atom. The van der Waals surface area contributed by atoms with E-state index in [0.717, 1.165) is 42.3 Å². The smallest absolute Gasteiger partial charge is 0.132 e. The van der Waals surface area contributed by atoms with Crippen LogP contribution in [0, 0.1) is 17.8 Å². The largest absolute Gasteiger partial charge is 0.508 e. The summed E-state index contributed by atoms with van der Waals surface area (Å²) >= 11 is 3.13. The van der Waals surface area contributed by atoms with Crippen molar-refractivity contribution in [3.8, 4) is 17.2 Å². The molecule has 0 saturated heterocycles. The summed E-state index contributed by atoms with van der Waals surface area (Å²) in [4.78, 5) is 31.1. The maximum atomic E-state index is 10.4. The molecule has 2 N–H and O–H groups in total. The van der Waals surface area contributed by atoms with Gasteiger partial charge in [0.1, 0.15) is 41.2 Å². The molecule has 3 atom stereocenters. The van der Waals surface area contributed by atoms with Gasteiger partial charge in [-0.25, -0.2) is 0 Å². The van der Waals surface area contributed by atoms with Gasteiger partial charge in [-0.15, -0.1) is 13.2 Å². The van der Waals surface area contributed by atoms with Crippen LogP contribution in [0.3, 0.4) is 0 Å². The molecule has 7 heteroatoms. The van der Waals surface area contributed by atoms with Gasteiger partial charge in [-0.2, -0.15) is 0 Å². The molecular weight excluding hydrogens is 716 g/mol. The highest BCUT2D eigenvalue weighted by atomic mass is 79.9. The van der Waals surface area contributed by atoms with E-state index in [4.69, 9.17) is 9.84 Å². The van der Waals surface area contributed by atoms with Crippen molar-refractivity contribution in [1.29, 1.82) is 0 Å². The van der Waals surface area contributed by atoms with Gasteiger partial charge in [-0.1, -0.05) is 137 Å². The zero-order valence-corrected chi connectivity index (χ0v) is 34.9. The van der Waals surface area contributed by atoms with Crippen LogP contribution >= 0.6 is 15.9 Å². The zero-order chi connectivity index (χ0) is 40.7. The first-order chi connectivity index (χ1) is 24.6. The van der Waals surface area contributed by atoms with Gasteiger partial charge in [0, 0.05) is 23.1 Å². The number of allylic oxidation sites excluding steroid dienone is 2. The van der Waals surface area contributed by atoms with Crippen LogP contribution in [0.4, 0.5) is 0 Å². The fourth-order valence-corrected chi connectivity index (χ4v) is 2.80. The van der Waals surface area contributed by atoms with Crippen molar-refractivity contribution < 1.29 is 29.3 Å². The number of ketones is 3. The highest BCUT2D eigenvalue weighted by Crippen LogP contribution is 2.15. The van der Waals surface area contributed by atoms with E-state index in [9.17, 15) is 19.5 Å². The number of hydrogen-bond donors (Lipinski definition) is 2. The van der Waals surface area contributed by atoms with E-state index < -0.39 is 0 Å². The van der Waals surface area contributed by atoms with E-state index >= 15 is 0 Å². The molecule has 0 spiro atoms. The molecule has 0 amide bonds. The first-order valence-corrected chi connectivity index (χ1v) is 18.8. The summed E-state index contributed by atoms with van der Waals surface area (Å²) in [6, 6.07) is 25.7. The fourth-order valence-electron chi connectivity index (χ4n) is 2.80. The van der Waals surface area contributed by atoms with Gasteiger partial charge in [0.05, 0.1) is 0 Å². The second-order valence-corrected chi connectivity index (χ2v) is 12.2. The Kier molecular flexibility index (Phi) is 41.5. The number of phenols is 2. The highest BCUT2D eigenvalue weighted by molar-refractivity contribution is 9.09. The summed E-state index contributed by atoms with van der Waals surface area (Å²) in [5, 5.41) is 18.7. The van der Waals surface area contributed by atoms with Crippen molar-refractivity contribution in [1.82, 2.24) is 0 Å². The number of carbonyl (C=O) groups is 3. The highest BCUT2D eigenvalue weighted by Gasteiger charge is 2.02. The van der Waals surface area contributed by atoms with Crippen LogP contribution in [0.1, 0.15) is 87.1 Å². The van der Waals surface area contributed by atoms with Gasteiger partial charge in [0.2, 0.25) is 0 Å². The van der Waals surface area contributed by atoms with E-state index in [-0.39, 0.29) is 17.8 Å². The molecule has 290 valence electrons. The van der Waals surface area contributed by atoms with Crippen molar-refractivity contribution in [3.63, 3.8) is 0 Å². The summed E-state index contributed by atoms with van der Waals surface area (Å²) in [7, 11) is 0. The molecule has 0 aromatic heterocycles. The molecule has 0 bridgehead atoms. The average Bonchev–Trinajstić information content (AvgIpc) is 3.16. The second kappa shape index (κ2) is 39.6. The van der Waals surface area contributed by atoms with E-state index in [1.807, 2.05) is 96.1 Å². The molecule has 52 heavy (non-hydrogen) atoms. The third-order valence-corrected chi connectivity index (χ3v) is 7.71. The predicted molar refractivity (Wildman–Crippen MR) is 227 cm³/mol. The molecule has 0 radical (unpaired) electrons. The minimum atomic E-state index is 0.264. The number of halogens is 1. The van der Waals surface area contributed by atoms with Crippen molar-refractivity contribution in [2.75, 3.05) is 11.9 Å². The van der Waals surface area contributed by atoms with E-state index in [1.54, 1.807) is 69.3 Å². The molecule has 6 nitrogen and oxygen atoms in total. The maximum absolute atomic E-state index is 10.4. The lowest BCUT2D eigenvalue weighted by Crippen LogP contribution is -2.03. The normalized spacial score (nSPS) is 10.6. The minimum Gasteiger partial charge on any atom is -0.508 e. The monoisotopic (exact) mass is 782 g/mol. The number of benzene rings is 3. The lowest BCUT2D eigenvalue weighted by Gasteiger charge is -1.99. The third-order valence-electron chi connectivity index (χ3n) is 7.25. The molecule has 3 rings (SSSR count). The van der Waals surface area contributed by atoms with Crippen molar-refractivity contribution in [2.45, 2.75) is 88.0 Å². The molecule has 3 unspecified atom stereocenters. The SMILES string of the molecule is C=CCBr.C=CCOc1ccccc1.C=CCc1ccccc1O.CCC(C)C(C)=O.CCC(C)C(C)=O.CCC(C)C(C)=O.Oc1ccccc1. The van der Waals surface area contributed by atoms with Gasteiger partial charge in [0.15, 0.2) is 0 Å². The number of hydrogen-bond acceptors (Lipinski definition) is 6. The molecular formula is C45H67BrO6. The predicted octanol–water partition coefficient (Wildman–Crippen LogP) is 12.2. The summed E-state index contributed by atoms with van der Waals surface area (Å²) in [6.45, 7) is 27.9. The van der Waals surface area contributed by atoms with Crippen LogP contribution < -0.4 is 4.74 Å². The standard InChI is InChI=1S/2C9H10O.C6H6O.3C6H12O.C3H5Br/c1-2-8-10-9-6-4-3-5-7-9;1-2-5-8-6-3-4-7-9(8)10;7-6-4-2-1-3-5-6;3*1-4-5(2)6(3)7;1-2-3-4/h2-7H,1,8H2;2-4,6-7,10H,1,5H2;1-5,7H;3*5H,4H2,1-3H3;2H,1,3H2. The molecule has 0 saturated carbocycles. The number of ether oxygens (including phenoxy) is 1. The fraction of sp³-hybridized carbons (Fsp3) is 0.400. The lowest BCUT2D eigenvalue weighted by atomic mass is 10.1. The molecule has 0 aliphatic carbocycles. The Labute approximate surface area is 324 Å². The lowest BCUT2D eigenvalue weighted by molar-refractivity contribution is -0.121. The Bertz CT molecular complexity index is 1260. The van der Waals surface area contributed by atoms with Crippen molar-refractivity contribution in [2.24, 2.45) is 17.8 Å². The average molecular weight is 784 g/mol. The van der Waals surface area contributed by atoms with Gasteiger partial charge in [-0.3, -0.25) is 14.4 Å². The van der Waals surface area contributed by atoms with Crippen LogP contribution in [0.15, 0.2) is 123 Å². The summed E-state index contributed by atoms with van der Waals surface area (Å²) in [5.41, 5.74) is 0.928. The number of alkyl halides is 1. The molecule has 3 aromatic carbocycles. The number of carbonyl (C=O) groups excluding carboxylic acids is 3. The number of Topliss-reactive ketones (excluding diaryl/α,β-unsaturated/α-hetero) is 3. The first-order valence-electron chi connectivity index (χ1n) is 17.7. The molecule has 0 heterocycles. The summed E-state index contributed by atoms with van der Waals surface area (Å²) < 4.78 is 5.24. The molecule has 0 fully saturated rings. The topological polar surface area (TPSA) is 101 Å². The Hall–Kier alpha value is -4.23. The Morgan fingerprint density at radius 2 is 1.00 bits per heavy atom. The maximum Gasteiger partial charge on any atom is 0.132 e. The van der Waals surface area contributed by atoms with Gasteiger partial charge in [-0.05, 0) is 82.3 Å². The summed E-state index contributed by atoms with van der Waals surface area (Å²) in [5.74, 6) is 3.24. The van der Waals surface area contributed by atoms with Gasteiger partial charge < -0.3 is 14.9 Å². The van der Waals surface area contributed by atoms with Crippen molar-refractivity contribution in [3.05, 3.63) is 128 Å². The van der Waals surface area contributed by atoms with Gasteiger partial charge >= 0.3 is 0 Å². The van der Waals surface area contributed by atoms with Crippen LogP contribution in [-0.2, 0) is 20.8 Å². The second-order valence-electron chi connectivity index (χ2n) is 11.6. The minimum absolute atomic E-state index is 0.264. The summed E-state index contributed by atoms with van der Waals surface area (Å²) in [6.07, 6.45) is 8.93. The molecule has 0 aliphatic heterocycles. The van der Waals surface area contributed by atoms with E-state index in [1.165, 1.54) is 0 Å². The van der Waals surface area contributed by atoms with Crippen LogP contribution in [0.25, 0.3) is 0 Å². The third kappa shape index (κ3) is 38.6. The van der Waals surface area contributed by atoms with Crippen molar-refractivity contribution >= 4 is 33.3 Å². The van der Waals surface area contributed by atoms with Gasteiger partial charge in [0.25, 0.3) is 0 Å². The van der Waals surface area contributed by atoms with E-state index in [2.05, 4.69) is 35.7 Å². The zero-order valence-electron chi connectivity index (χ0n) is 33.3. The molecule has 0 aliphatic rings. The van der Waals surface area contributed by atoms with E-state index in [0.29, 0.717) is 35.5 Å².